The lowest BCUT2D eigenvalue weighted by Gasteiger charge is -2.11. The number of pyridine rings is 1. The summed E-state index contributed by atoms with van der Waals surface area (Å²) in [6.07, 6.45) is 0. The first-order valence-electron chi connectivity index (χ1n) is 8.40. The lowest BCUT2D eigenvalue weighted by atomic mass is 10.1. The first-order valence-corrected chi connectivity index (χ1v) is 10.3. The zero-order valence-electron chi connectivity index (χ0n) is 15.8. The zero-order valence-corrected chi connectivity index (χ0v) is 17.4. The minimum atomic E-state index is -4.18. The van der Waals surface area contributed by atoms with Gasteiger partial charge in [-0.05, 0) is 24.3 Å². The summed E-state index contributed by atoms with van der Waals surface area (Å²) in [5.74, 6) is -0.418. The predicted octanol–water partition coefficient (Wildman–Crippen LogP) is 4.23. The maximum atomic E-state index is 14.0. The normalized spacial score (nSPS) is 10.9. The number of rotatable bonds is 6. The molecule has 3 aromatic rings. The Labute approximate surface area is 177 Å². The fourth-order valence-electron chi connectivity index (χ4n) is 2.64. The summed E-state index contributed by atoms with van der Waals surface area (Å²) in [5, 5.41) is 9.12. The van der Waals surface area contributed by atoms with Gasteiger partial charge in [-0.2, -0.15) is 5.26 Å². The Morgan fingerprint density at radius 1 is 1.10 bits per heavy atom. The summed E-state index contributed by atoms with van der Waals surface area (Å²) in [5.41, 5.74) is 1.37. The van der Waals surface area contributed by atoms with Crippen molar-refractivity contribution in [3.8, 4) is 28.8 Å². The van der Waals surface area contributed by atoms with Crippen LogP contribution < -0.4 is 14.2 Å². The molecule has 154 valence electrons. The summed E-state index contributed by atoms with van der Waals surface area (Å²) in [4.78, 5) is 3.63. The van der Waals surface area contributed by atoms with Gasteiger partial charge in [0.1, 0.15) is 33.8 Å². The van der Waals surface area contributed by atoms with Crippen molar-refractivity contribution in [2.75, 3.05) is 18.9 Å². The van der Waals surface area contributed by atoms with E-state index in [0.717, 1.165) is 12.1 Å². The molecule has 0 fully saturated rings. The van der Waals surface area contributed by atoms with E-state index in [1.165, 1.54) is 32.4 Å². The Kier molecular flexibility index (Phi) is 6.10. The summed E-state index contributed by atoms with van der Waals surface area (Å²) >= 11 is 6.04. The van der Waals surface area contributed by atoms with Crippen molar-refractivity contribution in [1.82, 2.24) is 4.98 Å². The molecule has 1 aromatic heterocycles. The number of anilines is 1. The minimum Gasteiger partial charge on any atom is -0.497 e. The second-order valence-corrected chi connectivity index (χ2v) is 7.98. The molecule has 0 amide bonds. The van der Waals surface area contributed by atoms with Gasteiger partial charge in [-0.15, -0.1) is 0 Å². The number of nitrogens with one attached hydrogen (secondary N) is 1. The summed E-state index contributed by atoms with van der Waals surface area (Å²) in [6, 6.07) is 13.1. The molecule has 30 heavy (non-hydrogen) atoms. The van der Waals surface area contributed by atoms with Gasteiger partial charge in [0.05, 0.1) is 19.9 Å². The molecule has 0 unspecified atom stereocenters. The van der Waals surface area contributed by atoms with Crippen LogP contribution in [0.3, 0.4) is 0 Å². The second kappa shape index (κ2) is 8.57. The number of ether oxygens (including phenoxy) is 2. The molecule has 0 saturated carbocycles. The molecule has 0 bridgehead atoms. The largest absolute Gasteiger partial charge is 0.497 e. The third-order valence-corrected chi connectivity index (χ3v) is 5.80. The topological polar surface area (TPSA) is 101 Å². The Morgan fingerprint density at radius 2 is 1.80 bits per heavy atom. The highest BCUT2D eigenvalue weighted by Crippen LogP contribution is 2.31. The maximum absolute atomic E-state index is 14.0. The molecule has 0 aliphatic carbocycles. The van der Waals surface area contributed by atoms with Gasteiger partial charge in [0, 0.05) is 23.4 Å². The van der Waals surface area contributed by atoms with E-state index in [1.807, 2.05) is 6.07 Å². The molecular weight excluding hydrogens is 433 g/mol. The molecule has 3 rings (SSSR count). The van der Waals surface area contributed by atoms with Gasteiger partial charge in [-0.1, -0.05) is 23.7 Å². The van der Waals surface area contributed by atoms with Crippen molar-refractivity contribution in [2.45, 2.75) is 4.90 Å². The highest BCUT2D eigenvalue weighted by molar-refractivity contribution is 7.92. The van der Waals surface area contributed by atoms with Crippen LogP contribution in [0.5, 0.6) is 11.5 Å². The van der Waals surface area contributed by atoms with Crippen LogP contribution in [0.1, 0.15) is 5.56 Å². The molecule has 0 spiro atoms. The second-order valence-electron chi connectivity index (χ2n) is 5.97. The average molecular weight is 448 g/mol. The number of benzene rings is 2. The lowest BCUT2D eigenvalue weighted by Crippen LogP contribution is -2.14. The Balaban J connectivity index is 1.90. The minimum absolute atomic E-state index is 0.00914. The van der Waals surface area contributed by atoms with E-state index in [2.05, 4.69) is 9.71 Å². The zero-order chi connectivity index (χ0) is 21.9. The summed E-state index contributed by atoms with van der Waals surface area (Å²) in [6.45, 7) is 0. The number of sulfonamides is 1. The van der Waals surface area contributed by atoms with Crippen LogP contribution in [0.25, 0.3) is 11.3 Å². The number of nitrogens with zero attached hydrogens (tertiary/aromatic N) is 2. The fraction of sp³-hybridized carbons (Fsp3) is 0.100. The van der Waals surface area contributed by atoms with E-state index >= 15 is 0 Å². The van der Waals surface area contributed by atoms with Crippen LogP contribution in [-0.2, 0) is 10.0 Å². The monoisotopic (exact) mass is 447 g/mol. The molecule has 0 radical (unpaired) electrons. The maximum Gasteiger partial charge on any atom is 0.264 e. The number of methoxy groups -OCH3 is 2. The number of halogens is 2. The Bertz CT molecular complexity index is 1240. The van der Waals surface area contributed by atoms with Crippen molar-refractivity contribution in [2.24, 2.45) is 0 Å². The molecule has 1 N–H and O–H groups in total. The Morgan fingerprint density at radius 3 is 2.40 bits per heavy atom. The molecule has 0 aliphatic heterocycles. The molecule has 0 aliphatic rings. The van der Waals surface area contributed by atoms with E-state index < -0.39 is 20.7 Å². The van der Waals surface area contributed by atoms with Gasteiger partial charge in [-0.3, -0.25) is 4.72 Å². The summed E-state index contributed by atoms with van der Waals surface area (Å²) < 4.78 is 51.6. The first-order chi connectivity index (χ1) is 14.3. The molecular formula is C20H15ClFN3O4S. The number of hydrogen-bond donors (Lipinski definition) is 1. The van der Waals surface area contributed by atoms with E-state index in [0.29, 0.717) is 11.3 Å². The molecule has 1 heterocycles. The molecule has 0 saturated heterocycles. The van der Waals surface area contributed by atoms with Crippen molar-refractivity contribution in [1.29, 1.82) is 5.26 Å². The van der Waals surface area contributed by atoms with Gasteiger partial charge < -0.3 is 9.47 Å². The predicted molar refractivity (Wildman–Crippen MR) is 110 cm³/mol. The van der Waals surface area contributed by atoms with Crippen molar-refractivity contribution >= 4 is 27.3 Å². The van der Waals surface area contributed by atoms with E-state index in [9.17, 15) is 12.8 Å². The number of nitriles is 1. The highest BCUT2D eigenvalue weighted by Gasteiger charge is 2.20. The average Bonchev–Trinajstić information content (AvgIpc) is 2.73. The molecule has 0 atom stereocenters. The van der Waals surface area contributed by atoms with Crippen molar-refractivity contribution < 1.29 is 22.3 Å². The first kappa shape index (κ1) is 21.4. The SMILES string of the molecule is COc1ccc(F)c(S(=O)(=O)Nc2ccc(-c3cc(OC)c(C#N)c(Cl)n3)cc2)c1. The van der Waals surface area contributed by atoms with Crippen LogP contribution in [0, 0.1) is 17.1 Å². The van der Waals surface area contributed by atoms with Crippen molar-refractivity contribution in [3.05, 3.63) is 65.1 Å². The van der Waals surface area contributed by atoms with Gasteiger partial charge in [0.25, 0.3) is 10.0 Å². The fourth-order valence-corrected chi connectivity index (χ4v) is 4.02. The van der Waals surface area contributed by atoms with Gasteiger partial charge in [0.2, 0.25) is 0 Å². The molecule has 7 nitrogen and oxygen atoms in total. The number of aromatic nitrogens is 1. The Hall–Kier alpha value is -3.35. The van der Waals surface area contributed by atoms with Crippen molar-refractivity contribution in [3.63, 3.8) is 0 Å². The quantitative estimate of drug-likeness (QED) is 0.567. The highest BCUT2D eigenvalue weighted by atomic mass is 35.5. The summed E-state index contributed by atoms with van der Waals surface area (Å²) in [7, 11) is -1.41. The standard InChI is InChI=1S/C20H15ClFN3O4S/c1-28-14-7-8-16(22)19(9-14)30(26,27)25-13-5-3-12(4-6-13)17-10-18(29-2)15(11-23)20(21)24-17/h3-10,25H,1-2H3. The third kappa shape index (κ3) is 4.30. The lowest BCUT2D eigenvalue weighted by molar-refractivity contribution is 0.411. The van der Waals surface area contributed by atoms with Crippen LogP contribution >= 0.6 is 11.6 Å². The molecule has 10 heteroatoms. The van der Waals surface area contributed by atoms with Crippen LogP contribution in [0.15, 0.2) is 53.4 Å². The van der Waals surface area contributed by atoms with Gasteiger partial charge in [0.15, 0.2) is 5.15 Å². The number of hydrogen-bond acceptors (Lipinski definition) is 6. The van der Waals surface area contributed by atoms with Gasteiger partial charge >= 0.3 is 0 Å². The van der Waals surface area contributed by atoms with Crippen LogP contribution in [-0.4, -0.2) is 27.6 Å². The smallest absolute Gasteiger partial charge is 0.264 e. The van der Waals surface area contributed by atoms with E-state index in [4.69, 9.17) is 26.3 Å². The third-order valence-electron chi connectivity index (χ3n) is 4.13. The van der Waals surface area contributed by atoms with E-state index in [-0.39, 0.29) is 27.9 Å². The van der Waals surface area contributed by atoms with Crippen LogP contribution in [0.2, 0.25) is 5.15 Å². The van der Waals surface area contributed by atoms with Gasteiger partial charge in [-0.25, -0.2) is 17.8 Å². The van der Waals surface area contributed by atoms with Crippen LogP contribution in [0.4, 0.5) is 10.1 Å². The molecule has 2 aromatic carbocycles. The van der Waals surface area contributed by atoms with E-state index in [1.54, 1.807) is 18.2 Å².